The maximum absolute atomic E-state index is 12.0. The molecule has 3 rings (SSSR count). The highest BCUT2D eigenvalue weighted by Gasteiger charge is 2.13. The third kappa shape index (κ3) is 4.78. The van der Waals surface area contributed by atoms with Crippen LogP contribution in [0.25, 0.3) is 5.69 Å². The van der Waals surface area contributed by atoms with E-state index in [9.17, 15) is 9.59 Å². The maximum Gasteiger partial charge on any atom is 0.271 e. The highest BCUT2D eigenvalue weighted by molar-refractivity contribution is 7.99. The van der Waals surface area contributed by atoms with E-state index in [-0.39, 0.29) is 11.3 Å². The minimum absolute atomic E-state index is 0.000665. The summed E-state index contributed by atoms with van der Waals surface area (Å²) in [6.07, 6.45) is 0. The quantitative estimate of drug-likeness (QED) is 0.464. The SMILES string of the molecule is COc1ccc(-n2nnnc2SCC(=O)NNC(=O)c2ccccc2Cl)cc1. The second-order valence-corrected chi connectivity index (χ2v) is 6.69. The average molecular weight is 419 g/mol. The predicted octanol–water partition coefficient (Wildman–Crippen LogP) is 1.88. The molecule has 11 heteroatoms. The molecule has 0 atom stereocenters. The first-order valence-electron chi connectivity index (χ1n) is 7.98. The summed E-state index contributed by atoms with van der Waals surface area (Å²) < 4.78 is 6.62. The first-order valence-corrected chi connectivity index (χ1v) is 9.34. The fourth-order valence-corrected chi connectivity index (χ4v) is 3.07. The fourth-order valence-electron chi connectivity index (χ4n) is 2.16. The Kier molecular flexibility index (Phi) is 6.45. The maximum atomic E-state index is 12.0. The summed E-state index contributed by atoms with van der Waals surface area (Å²) in [6, 6.07) is 13.7. The number of amides is 2. The zero-order chi connectivity index (χ0) is 19.9. The Bertz CT molecular complexity index is 979. The molecule has 2 aromatic carbocycles. The number of rotatable bonds is 6. The van der Waals surface area contributed by atoms with Crippen molar-refractivity contribution >= 4 is 35.2 Å². The lowest BCUT2D eigenvalue weighted by Crippen LogP contribution is -2.42. The third-order valence-electron chi connectivity index (χ3n) is 3.52. The van der Waals surface area contributed by atoms with Crippen LogP contribution in [0.5, 0.6) is 5.75 Å². The number of hydrazine groups is 1. The molecule has 0 radical (unpaired) electrons. The van der Waals surface area contributed by atoms with E-state index in [1.54, 1.807) is 55.6 Å². The molecule has 0 aliphatic rings. The number of aromatic nitrogens is 4. The van der Waals surface area contributed by atoms with Crippen molar-refractivity contribution in [2.45, 2.75) is 5.16 Å². The Morgan fingerprint density at radius 3 is 2.61 bits per heavy atom. The number of nitrogens with one attached hydrogen (secondary N) is 2. The lowest BCUT2D eigenvalue weighted by Gasteiger charge is -2.08. The van der Waals surface area contributed by atoms with Crippen molar-refractivity contribution in [1.29, 1.82) is 0 Å². The van der Waals surface area contributed by atoms with Crippen LogP contribution < -0.4 is 15.6 Å². The summed E-state index contributed by atoms with van der Waals surface area (Å²) >= 11 is 7.07. The summed E-state index contributed by atoms with van der Waals surface area (Å²) in [5, 5.41) is 12.2. The predicted molar refractivity (Wildman–Crippen MR) is 103 cm³/mol. The molecule has 0 saturated heterocycles. The molecule has 0 unspecified atom stereocenters. The number of benzene rings is 2. The number of ether oxygens (including phenoxy) is 1. The van der Waals surface area contributed by atoms with Gasteiger partial charge in [0.1, 0.15) is 5.75 Å². The molecular formula is C17H15ClN6O3S. The second kappa shape index (κ2) is 9.20. The number of hydrogen-bond donors (Lipinski definition) is 2. The lowest BCUT2D eigenvalue weighted by atomic mass is 10.2. The van der Waals surface area contributed by atoms with Crippen LogP contribution in [-0.4, -0.2) is 44.9 Å². The summed E-state index contributed by atoms with van der Waals surface area (Å²) in [4.78, 5) is 24.0. The third-order valence-corrected chi connectivity index (χ3v) is 4.77. The number of carbonyl (C=O) groups excluding carboxylic acids is 2. The largest absolute Gasteiger partial charge is 0.497 e. The molecule has 0 aliphatic heterocycles. The molecular weight excluding hydrogens is 404 g/mol. The standard InChI is InChI=1S/C17H15ClN6O3S/c1-27-12-8-6-11(7-9-12)24-17(21-22-23-24)28-10-15(25)19-20-16(26)13-4-2-3-5-14(13)18/h2-9H,10H2,1H3,(H,19,25)(H,20,26). The Balaban J connectivity index is 1.55. The van der Waals surface area contributed by atoms with Crippen molar-refractivity contribution in [1.82, 2.24) is 31.1 Å². The van der Waals surface area contributed by atoms with Crippen molar-refractivity contribution < 1.29 is 14.3 Å². The monoisotopic (exact) mass is 418 g/mol. The van der Waals surface area contributed by atoms with Crippen molar-refractivity contribution in [3.05, 3.63) is 59.1 Å². The van der Waals surface area contributed by atoms with Crippen LogP contribution in [0.2, 0.25) is 5.02 Å². The molecule has 9 nitrogen and oxygen atoms in total. The molecule has 0 aliphatic carbocycles. The van der Waals surface area contributed by atoms with E-state index in [1.807, 2.05) is 0 Å². The van der Waals surface area contributed by atoms with Gasteiger partial charge in [-0.05, 0) is 46.8 Å². The van der Waals surface area contributed by atoms with Gasteiger partial charge >= 0.3 is 0 Å². The molecule has 28 heavy (non-hydrogen) atoms. The highest BCUT2D eigenvalue weighted by atomic mass is 35.5. The summed E-state index contributed by atoms with van der Waals surface area (Å²) in [7, 11) is 1.58. The minimum atomic E-state index is -0.507. The van der Waals surface area contributed by atoms with E-state index < -0.39 is 11.8 Å². The van der Waals surface area contributed by atoms with E-state index >= 15 is 0 Å². The molecule has 0 spiro atoms. The minimum Gasteiger partial charge on any atom is -0.497 e. The fraction of sp³-hybridized carbons (Fsp3) is 0.118. The molecule has 3 aromatic rings. The molecule has 144 valence electrons. The van der Waals surface area contributed by atoms with E-state index in [0.717, 1.165) is 17.4 Å². The van der Waals surface area contributed by atoms with Crippen LogP contribution in [0, 0.1) is 0 Å². The van der Waals surface area contributed by atoms with Crippen molar-refractivity contribution in [3.8, 4) is 11.4 Å². The van der Waals surface area contributed by atoms with Gasteiger partial charge in [-0.3, -0.25) is 20.4 Å². The number of methoxy groups -OCH3 is 1. The summed E-state index contributed by atoms with van der Waals surface area (Å²) in [5.41, 5.74) is 5.64. The van der Waals surface area contributed by atoms with Crippen molar-refractivity contribution in [3.63, 3.8) is 0 Å². The second-order valence-electron chi connectivity index (χ2n) is 5.34. The van der Waals surface area contributed by atoms with Crippen LogP contribution in [0.1, 0.15) is 10.4 Å². The van der Waals surface area contributed by atoms with Crippen LogP contribution in [0.15, 0.2) is 53.7 Å². The average Bonchev–Trinajstić information content (AvgIpc) is 3.19. The smallest absolute Gasteiger partial charge is 0.271 e. The van der Waals surface area contributed by atoms with Gasteiger partial charge in [0, 0.05) is 0 Å². The van der Waals surface area contributed by atoms with E-state index in [1.165, 1.54) is 4.68 Å². The normalized spacial score (nSPS) is 10.4. The van der Waals surface area contributed by atoms with E-state index in [0.29, 0.717) is 15.9 Å². The molecule has 0 saturated carbocycles. The first-order chi connectivity index (χ1) is 13.6. The Morgan fingerprint density at radius 2 is 1.89 bits per heavy atom. The van der Waals surface area contributed by atoms with E-state index in [2.05, 4.69) is 26.4 Å². The number of nitrogens with zero attached hydrogens (tertiary/aromatic N) is 4. The molecule has 1 heterocycles. The zero-order valence-corrected chi connectivity index (χ0v) is 16.2. The number of halogens is 1. The molecule has 2 amide bonds. The van der Waals surface area contributed by atoms with Gasteiger partial charge in [0.2, 0.25) is 11.1 Å². The van der Waals surface area contributed by atoms with Gasteiger partial charge in [-0.25, -0.2) is 0 Å². The number of hydrogen-bond acceptors (Lipinski definition) is 7. The van der Waals surface area contributed by atoms with Gasteiger partial charge in [-0.2, -0.15) is 4.68 Å². The van der Waals surface area contributed by atoms with Gasteiger partial charge in [0.25, 0.3) is 5.91 Å². The number of thioether (sulfide) groups is 1. The Labute approximate surface area is 169 Å². The van der Waals surface area contributed by atoms with Gasteiger partial charge in [0.05, 0.1) is 29.1 Å². The number of tetrazole rings is 1. The van der Waals surface area contributed by atoms with Crippen LogP contribution in [-0.2, 0) is 4.79 Å². The zero-order valence-electron chi connectivity index (χ0n) is 14.6. The van der Waals surface area contributed by atoms with Crippen molar-refractivity contribution in [2.24, 2.45) is 0 Å². The summed E-state index contributed by atoms with van der Waals surface area (Å²) in [6.45, 7) is 0. The molecule has 0 fully saturated rings. The summed E-state index contributed by atoms with van der Waals surface area (Å²) in [5.74, 6) is -0.222. The first kappa shape index (κ1) is 19.6. The van der Waals surface area contributed by atoms with Gasteiger partial charge in [-0.1, -0.05) is 35.5 Å². The van der Waals surface area contributed by atoms with Crippen LogP contribution >= 0.6 is 23.4 Å². The van der Waals surface area contributed by atoms with E-state index in [4.69, 9.17) is 16.3 Å². The van der Waals surface area contributed by atoms with Gasteiger partial charge in [-0.15, -0.1) is 5.10 Å². The van der Waals surface area contributed by atoms with Crippen LogP contribution in [0.4, 0.5) is 0 Å². The van der Waals surface area contributed by atoms with Gasteiger partial charge < -0.3 is 4.74 Å². The highest BCUT2D eigenvalue weighted by Crippen LogP contribution is 2.20. The lowest BCUT2D eigenvalue weighted by molar-refractivity contribution is -0.119. The molecule has 0 bridgehead atoms. The topological polar surface area (TPSA) is 111 Å². The van der Waals surface area contributed by atoms with Crippen LogP contribution in [0.3, 0.4) is 0 Å². The molecule has 1 aromatic heterocycles. The number of carbonyl (C=O) groups is 2. The Hall–Kier alpha value is -3.11. The molecule has 2 N–H and O–H groups in total. The van der Waals surface area contributed by atoms with Crippen molar-refractivity contribution in [2.75, 3.05) is 12.9 Å². The van der Waals surface area contributed by atoms with Gasteiger partial charge in [0.15, 0.2) is 0 Å². The Morgan fingerprint density at radius 1 is 1.14 bits per heavy atom.